The van der Waals surface area contributed by atoms with Gasteiger partial charge < -0.3 is 5.11 Å². The number of sulfone groups is 1. The summed E-state index contributed by atoms with van der Waals surface area (Å²) in [5.74, 6) is -3.86. The van der Waals surface area contributed by atoms with Crippen molar-refractivity contribution in [3.05, 3.63) is 63.6 Å². The first-order valence-electron chi connectivity index (χ1n) is 7.44. The van der Waals surface area contributed by atoms with Gasteiger partial charge in [-0.3, -0.25) is 0 Å². The summed E-state index contributed by atoms with van der Waals surface area (Å²) in [5.41, 5.74) is -7.06. The second-order valence-corrected chi connectivity index (χ2v) is 8.32. The van der Waals surface area contributed by atoms with E-state index in [0.717, 1.165) is 6.08 Å². The number of hydrogen-bond donors (Lipinski definition) is 1. The molecule has 1 N–H and O–H groups in total. The van der Waals surface area contributed by atoms with Gasteiger partial charge in [0, 0.05) is 22.6 Å². The molecule has 2 rings (SSSR count). The molecular weight excluding hydrogens is 415 g/mol. The van der Waals surface area contributed by atoms with E-state index in [0.29, 0.717) is 6.92 Å². The molecule has 27 heavy (non-hydrogen) atoms. The Kier molecular flexibility index (Phi) is 5.62. The smallest absolute Gasteiger partial charge is 0.382 e. The van der Waals surface area contributed by atoms with Crippen molar-refractivity contribution in [2.45, 2.75) is 30.9 Å². The van der Waals surface area contributed by atoms with Crippen LogP contribution < -0.4 is 0 Å². The summed E-state index contributed by atoms with van der Waals surface area (Å²) >= 11 is 6.03. The highest BCUT2D eigenvalue weighted by molar-refractivity contribution is 7.96. The van der Waals surface area contributed by atoms with Crippen LogP contribution in [0, 0.1) is 0 Å². The molecular formula is C17H14ClF5O3S. The van der Waals surface area contributed by atoms with Crippen LogP contribution in [0.15, 0.2) is 53.0 Å². The van der Waals surface area contributed by atoms with Crippen molar-refractivity contribution in [1.29, 1.82) is 0 Å². The summed E-state index contributed by atoms with van der Waals surface area (Å²) in [4.78, 5) is -1.39. The summed E-state index contributed by atoms with van der Waals surface area (Å²) in [7, 11) is -5.93. The SMILES string of the molecule is C=C/C(=C1/CC(F)(F)[C@@H](O)/C1=C(/C)S(=O)(=O)C(F)(F)F)c1ccccc1Cl. The van der Waals surface area contributed by atoms with E-state index >= 15 is 0 Å². The van der Waals surface area contributed by atoms with Crippen LogP contribution in [0.2, 0.25) is 5.02 Å². The van der Waals surface area contributed by atoms with Crippen LogP contribution in [-0.4, -0.2) is 31.1 Å². The monoisotopic (exact) mass is 428 g/mol. The molecule has 0 amide bonds. The molecule has 0 radical (unpaired) electrons. The van der Waals surface area contributed by atoms with E-state index in [1.165, 1.54) is 18.2 Å². The summed E-state index contributed by atoms with van der Waals surface area (Å²) in [6.45, 7) is 4.00. The maximum atomic E-state index is 14.1. The quantitative estimate of drug-likeness (QED) is 0.697. The van der Waals surface area contributed by atoms with E-state index in [4.69, 9.17) is 11.6 Å². The second-order valence-electron chi connectivity index (χ2n) is 5.84. The van der Waals surface area contributed by atoms with Crippen molar-refractivity contribution in [3.63, 3.8) is 0 Å². The molecule has 0 unspecified atom stereocenters. The number of alkyl halides is 5. The van der Waals surface area contributed by atoms with Crippen molar-refractivity contribution >= 4 is 27.0 Å². The lowest BCUT2D eigenvalue weighted by Crippen LogP contribution is -2.30. The topological polar surface area (TPSA) is 54.4 Å². The Bertz CT molecular complexity index is 946. The minimum atomic E-state index is -5.93. The summed E-state index contributed by atoms with van der Waals surface area (Å²) < 4.78 is 90.5. The first-order valence-corrected chi connectivity index (χ1v) is 9.30. The Balaban J connectivity index is 2.91. The maximum absolute atomic E-state index is 14.1. The predicted octanol–water partition coefficient (Wildman–Crippen LogP) is 4.89. The number of hydrogen-bond acceptors (Lipinski definition) is 3. The minimum absolute atomic E-state index is 0.0800. The van der Waals surface area contributed by atoms with Crippen molar-refractivity contribution in [2.24, 2.45) is 0 Å². The zero-order valence-electron chi connectivity index (χ0n) is 13.8. The zero-order valence-corrected chi connectivity index (χ0v) is 15.4. The van der Waals surface area contributed by atoms with Gasteiger partial charge in [0.25, 0.3) is 15.8 Å². The van der Waals surface area contributed by atoms with Gasteiger partial charge in [-0.15, -0.1) is 0 Å². The highest BCUT2D eigenvalue weighted by Gasteiger charge is 2.55. The summed E-state index contributed by atoms with van der Waals surface area (Å²) in [5, 5.41) is 10.0. The van der Waals surface area contributed by atoms with Crippen LogP contribution in [-0.2, 0) is 9.84 Å². The molecule has 1 aliphatic carbocycles. The average molecular weight is 429 g/mol. The molecule has 1 aromatic carbocycles. The van der Waals surface area contributed by atoms with Gasteiger partial charge in [0.1, 0.15) is 6.10 Å². The normalized spacial score (nSPS) is 23.9. The van der Waals surface area contributed by atoms with Gasteiger partial charge in [0.05, 0.1) is 4.91 Å². The number of aliphatic hydroxyl groups is 1. The molecule has 1 aromatic rings. The van der Waals surface area contributed by atoms with Crippen LogP contribution >= 0.6 is 11.6 Å². The molecule has 1 aliphatic rings. The molecule has 1 fully saturated rings. The Morgan fingerprint density at radius 3 is 2.37 bits per heavy atom. The van der Waals surface area contributed by atoms with Gasteiger partial charge in [-0.1, -0.05) is 42.5 Å². The van der Waals surface area contributed by atoms with Gasteiger partial charge in [0.15, 0.2) is 0 Å². The van der Waals surface area contributed by atoms with Crippen LogP contribution in [0.5, 0.6) is 0 Å². The fourth-order valence-corrected chi connectivity index (χ4v) is 3.95. The Morgan fingerprint density at radius 2 is 1.89 bits per heavy atom. The molecule has 1 saturated carbocycles. The molecule has 0 saturated heterocycles. The van der Waals surface area contributed by atoms with Gasteiger partial charge in [-0.2, -0.15) is 13.2 Å². The van der Waals surface area contributed by atoms with Gasteiger partial charge in [-0.05, 0) is 24.1 Å². The number of benzene rings is 1. The summed E-state index contributed by atoms with van der Waals surface area (Å²) in [6.07, 6.45) is -2.80. The number of aliphatic hydroxyl groups excluding tert-OH is 1. The second kappa shape index (κ2) is 7.03. The molecule has 0 heterocycles. The van der Waals surface area contributed by atoms with Gasteiger partial charge in [0.2, 0.25) is 0 Å². The molecule has 10 heteroatoms. The van der Waals surface area contributed by atoms with Crippen molar-refractivity contribution in [2.75, 3.05) is 0 Å². The Hall–Kier alpha value is -1.71. The van der Waals surface area contributed by atoms with E-state index in [-0.39, 0.29) is 16.2 Å². The van der Waals surface area contributed by atoms with Gasteiger partial charge >= 0.3 is 5.51 Å². The number of halogens is 6. The van der Waals surface area contributed by atoms with Crippen molar-refractivity contribution in [1.82, 2.24) is 0 Å². The largest absolute Gasteiger partial charge is 0.501 e. The molecule has 3 nitrogen and oxygen atoms in total. The van der Waals surface area contributed by atoms with Crippen LogP contribution in [0.3, 0.4) is 0 Å². The molecule has 0 bridgehead atoms. The fraction of sp³-hybridized carbons (Fsp3) is 0.294. The van der Waals surface area contributed by atoms with Gasteiger partial charge in [-0.25, -0.2) is 17.2 Å². The van der Waals surface area contributed by atoms with Crippen LogP contribution in [0.1, 0.15) is 18.9 Å². The third kappa shape index (κ3) is 3.68. The standard InChI is InChI=1S/C17H14ClF5O3S/c1-3-10(11-6-4-5-7-13(11)18)12-8-16(19,20)15(24)14(12)9(2)27(25,26)17(21,22)23/h3-7,15,24H,1,8H2,2H3/b12-10+,14-9-/t15-/m0/s1. The van der Waals surface area contributed by atoms with Crippen LogP contribution in [0.25, 0.3) is 5.57 Å². The zero-order chi connectivity index (χ0) is 20.8. The number of allylic oxidation sites excluding steroid dienone is 3. The van der Waals surface area contributed by atoms with Crippen molar-refractivity contribution in [3.8, 4) is 0 Å². The number of rotatable bonds is 3. The highest BCUT2D eigenvalue weighted by atomic mass is 35.5. The first kappa shape index (κ1) is 21.6. The van der Waals surface area contributed by atoms with Crippen LogP contribution in [0.4, 0.5) is 22.0 Å². The summed E-state index contributed by atoms with van der Waals surface area (Å²) in [6, 6.07) is 5.90. The van der Waals surface area contributed by atoms with E-state index in [1.54, 1.807) is 6.07 Å². The molecule has 0 spiro atoms. The highest BCUT2D eigenvalue weighted by Crippen LogP contribution is 2.49. The molecule has 0 aromatic heterocycles. The van der Waals surface area contributed by atoms with Crippen molar-refractivity contribution < 1.29 is 35.5 Å². The fourth-order valence-electron chi connectivity index (χ4n) is 2.84. The molecule has 0 aliphatic heterocycles. The lowest BCUT2D eigenvalue weighted by molar-refractivity contribution is -0.0736. The average Bonchev–Trinajstić information content (AvgIpc) is 2.78. The lowest BCUT2D eigenvalue weighted by atomic mass is 9.95. The van der Waals surface area contributed by atoms with E-state index in [9.17, 15) is 35.5 Å². The predicted molar refractivity (Wildman–Crippen MR) is 91.8 cm³/mol. The van der Waals surface area contributed by atoms with E-state index in [2.05, 4.69) is 6.58 Å². The molecule has 148 valence electrons. The van der Waals surface area contributed by atoms with E-state index in [1.807, 2.05) is 0 Å². The Labute approximate surface area is 157 Å². The third-order valence-corrected chi connectivity index (χ3v) is 6.16. The third-order valence-electron chi connectivity index (χ3n) is 4.19. The van der Waals surface area contributed by atoms with E-state index < -0.39 is 49.8 Å². The molecule has 1 atom stereocenters. The lowest BCUT2D eigenvalue weighted by Gasteiger charge is -2.17. The Morgan fingerprint density at radius 1 is 1.33 bits per heavy atom. The minimum Gasteiger partial charge on any atom is -0.382 e. The maximum Gasteiger partial charge on any atom is 0.501 e. The first-order chi connectivity index (χ1) is 12.3.